The van der Waals surface area contributed by atoms with E-state index in [0.29, 0.717) is 36.5 Å². The summed E-state index contributed by atoms with van der Waals surface area (Å²) in [4.78, 5) is 11.3. The summed E-state index contributed by atoms with van der Waals surface area (Å²) in [5.74, 6) is -5.44. The maximum atomic E-state index is 13.7. The number of benzene rings is 3. The molecule has 35 heavy (non-hydrogen) atoms. The van der Waals surface area contributed by atoms with Crippen molar-refractivity contribution >= 4 is 22.2 Å². The number of nitrogens with zero attached hydrogens (tertiary/aromatic N) is 1. The average molecular weight is 516 g/mol. The summed E-state index contributed by atoms with van der Waals surface area (Å²) in [6.45, 7) is 0. The van der Waals surface area contributed by atoms with Crippen LogP contribution in [0, 0.1) is 17.5 Å². The summed E-state index contributed by atoms with van der Waals surface area (Å²) in [6.07, 6.45) is -5.23. The van der Waals surface area contributed by atoms with Gasteiger partial charge in [0.25, 0.3) is 0 Å². The van der Waals surface area contributed by atoms with E-state index in [1.54, 1.807) is 11.5 Å². The second kappa shape index (κ2) is 10.2. The molecule has 0 fully saturated rings. The first-order chi connectivity index (χ1) is 16.4. The molecule has 3 aromatic rings. The van der Waals surface area contributed by atoms with Gasteiger partial charge in [-0.25, -0.2) is 18.6 Å². The lowest BCUT2D eigenvalue weighted by Gasteiger charge is -2.12. The number of carbonyl (C=O) groups is 1. The molecule has 0 atom stereocenters. The molecule has 0 bridgehead atoms. The van der Waals surface area contributed by atoms with Crippen LogP contribution in [0.15, 0.2) is 70.7 Å². The molecule has 0 saturated heterocycles. The Kier molecular flexibility index (Phi) is 7.48. The number of hydrogen-bond acceptors (Lipinski definition) is 5. The fourth-order valence-corrected chi connectivity index (χ4v) is 3.90. The highest BCUT2D eigenvalue weighted by Gasteiger charge is 2.32. The van der Waals surface area contributed by atoms with E-state index in [-0.39, 0.29) is 5.75 Å². The normalized spacial score (nSPS) is 12.1. The Morgan fingerprint density at radius 3 is 2.29 bits per heavy atom. The first kappa shape index (κ1) is 25.7. The third-order valence-corrected chi connectivity index (χ3v) is 5.75. The van der Waals surface area contributed by atoms with Gasteiger partial charge in [-0.05, 0) is 42.5 Å². The van der Waals surface area contributed by atoms with Gasteiger partial charge in [-0.3, -0.25) is 4.79 Å². The number of alkyl halides is 3. The van der Waals surface area contributed by atoms with Gasteiger partial charge in [0.05, 0.1) is 18.2 Å². The molecule has 1 N–H and O–H groups in total. The van der Waals surface area contributed by atoms with E-state index < -0.39 is 67.7 Å². The van der Waals surface area contributed by atoms with E-state index in [9.17, 15) is 39.6 Å². The van der Waals surface area contributed by atoms with E-state index in [1.165, 1.54) is 24.3 Å². The molecule has 3 aromatic carbocycles. The first-order valence-electron chi connectivity index (χ1n) is 9.53. The predicted octanol–water partition coefficient (Wildman–Crippen LogP) is 4.58. The molecule has 184 valence electrons. The molecule has 6 nitrogen and oxygen atoms in total. The first-order valence-corrected chi connectivity index (χ1v) is 10.9. The molecule has 0 aromatic heterocycles. The minimum Gasteiger partial charge on any atom is -0.379 e. The molecule has 0 spiro atoms. The summed E-state index contributed by atoms with van der Waals surface area (Å²) in [5.41, 5.74) is -0.907. The predicted molar refractivity (Wildman–Crippen MR) is 111 cm³/mol. The zero-order valence-corrected chi connectivity index (χ0v) is 18.1. The van der Waals surface area contributed by atoms with Gasteiger partial charge < -0.3 is 4.18 Å². The molecule has 1 amide bonds. The molecule has 0 aliphatic carbocycles. The Morgan fingerprint density at radius 1 is 0.971 bits per heavy atom. The van der Waals surface area contributed by atoms with Crippen LogP contribution in [-0.2, 0) is 27.5 Å². The number of rotatable bonds is 7. The molecule has 3 rings (SSSR count). The third-order valence-electron chi connectivity index (χ3n) is 4.42. The number of carbonyl (C=O) groups excluding carboxylic acids is 1. The van der Waals surface area contributed by atoms with E-state index in [4.69, 9.17) is 4.18 Å². The van der Waals surface area contributed by atoms with Crippen molar-refractivity contribution in [2.75, 3.05) is 0 Å². The molecule has 0 radical (unpaired) electrons. The van der Waals surface area contributed by atoms with Crippen molar-refractivity contribution in [1.29, 1.82) is 0 Å². The van der Waals surface area contributed by atoms with Crippen molar-refractivity contribution in [3.63, 3.8) is 0 Å². The molecule has 0 aliphatic heterocycles. The van der Waals surface area contributed by atoms with E-state index in [1.807, 2.05) is 0 Å². The van der Waals surface area contributed by atoms with Crippen LogP contribution in [0.4, 0.5) is 26.3 Å². The van der Waals surface area contributed by atoms with Gasteiger partial charge in [0, 0.05) is 11.1 Å². The van der Waals surface area contributed by atoms with E-state index >= 15 is 0 Å². The molecule has 0 aliphatic rings. The largest absolute Gasteiger partial charge is 0.416 e. The molecule has 13 heteroatoms. The van der Waals surface area contributed by atoms with Gasteiger partial charge in [0.2, 0.25) is 5.91 Å². The molecular formula is C22H14F6N2O4S. The van der Waals surface area contributed by atoms with Crippen molar-refractivity contribution < 1.29 is 43.7 Å². The third kappa shape index (κ3) is 6.38. The highest BCUT2D eigenvalue weighted by molar-refractivity contribution is 7.87. The van der Waals surface area contributed by atoms with Gasteiger partial charge in [-0.2, -0.15) is 26.7 Å². The Balaban J connectivity index is 1.88. The second-order valence-electron chi connectivity index (χ2n) is 6.89. The van der Waals surface area contributed by atoms with E-state index in [0.717, 1.165) is 0 Å². The number of halogens is 6. The zero-order valence-electron chi connectivity index (χ0n) is 17.3. The lowest BCUT2D eigenvalue weighted by molar-refractivity contribution is -0.137. The zero-order chi connectivity index (χ0) is 25.8. The van der Waals surface area contributed by atoms with Crippen LogP contribution < -0.4 is 9.61 Å². The summed E-state index contributed by atoms with van der Waals surface area (Å²) in [7, 11) is -4.63. The standard InChI is InChI=1S/C22H14F6N2O4S/c23-17-7-8-18(24)21(25)16(17)11-20(31)30-29-12-13-10-14(22(26,27)28)6-9-19(13)35(32,33)34-15-4-2-1-3-5-15/h1-10,12H,11H2,(H,30,31)/b29-12+. The van der Waals surface area contributed by atoms with Crippen LogP contribution in [-0.4, -0.2) is 20.5 Å². The SMILES string of the molecule is O=C(Cc1c(F)ccc(F)c1F)N/N=C/c1cc(C(F)(F)F)ccc1S(=O)(=O)Oc1ccccc1. The fourth-order valence-electron chi connectivity index (χ4n) is 2.81. The average Bonchev–Trinajstić information content (AvgIpc) is 2.79. The molecule has 0 saturated carbocycles. The Hall–Kier alpha value is -3.87. The minimum atomic E-state index is -4.83. The summed E-state index contributed by atoms with van der Waals surface area (Å²) >= 11 is 0. The molecule has 0 heterocycles. The van der Waals surface area contributed by atoms with Crippen molar-refractivity contribution in [3.8, 4) is 5.75 Å². The van der Waals surface area contributed by atoms with Gasteiger partial charge >= 0.3 is 16.3 Å². The van der Waals surface area contributed by atoms with Crippen LogP contribution >= 0.6 is 0 Å². The summed E-state index contributed by atoms with van der Waals surface area (Å²) in [6, 6.07) is 9.91. The fraction of sp³-hybridized carbons (Fsp3) is 0.0909. The van der Waals surface area contributed by atoms with Crippen LogP contribution in [0.1, 0.15) is 16.7 Å². The monoisotopic (exact) mass is 516 g/mol. The number of amides is 1. The maximum absolute atomic E-state index is 13.7. The van der Waals surface area contributed by atoms with Crippen LogP contribution in [0.2, 0.25) is 0 Å². The lowest BCUT2D eigenvalue weighted by atomic mass is 10.1. The van der Waals surface area contributed by atoms with Gasteiger partial charge in [0.1, 0.15) is 16.5 Å². The van der Waals surface area contributed by atoms with Crippen LogP contribution in [0.5, 0.6) is 5.75 Å². The Labute approximate surface area is 195 Å². The smallest absolute Gasteiger partial charge is 0.379 e. The summed E-state index contributed by atoms with van der Waals surface area (Å²) in [5, 5.41) is 3.37. The Morgan fingerprint density at radius 2 is 1.63 bits per heavy atom. The lowest BCUT2D eigenvalue weighted by Crippen LogP contribution is -2.22. The minimum absolute atomic E-state index is 0.109. The van der Waals surface area contributed by atoms with Crippen molar-refractivity contribution in [3.05, 3.63) is 94.8 Å². The molecular weight excluding hydrogens is 502 g/mol. The summed E-state index contributed by atoms with van der Waals surface area (Å²) < 4.78 is 110. The number of nitrogens with one attached hydrogen (secondary N) is 1. The quantitative estimate of drug-likeness (QED) is 0.164. The van der Waals surface area contributed by atoms with Crippen LogP contribution in [0.3, 0.4) is 0 Å². The highest BCUT2D eigenvalue weighted by atomic mass is 32.2. The highest BCUT2D eigenvalue weighted by Crippen LogP contribution is 2.32. The van der Waals surface area contributed by atoms with E-state index in [2.05, 4.69) is 5.10 Å². The number of hydrogen-bond donors (Lipinski definition) is 1. The van der Waals surface area contributed by atoms with Gasteiger partial charge in [0.15, 0.2) is 11.6 Å². The van der Waals surface area contributed by atoms with Gasteiger partial charge in [-0.1, -0.05) is 18.2 Å². The Bertz CT molecular complexity index is 1380. The second-order valence-corrected chi connectivity index (χ2v) is 8.41. The number of para-hydroxylation sites is 1. The van der Waals surface area contributed by atoms with Crippen molar-refractivity contribution in [2.45, 2.75) is 17.5 Å². The van der Waals surface area contributed by atoms with Crippen LogP contribution in [0.25, 0.3) is 0 Å². The topological polar surface area (TPSA) is 84.8 Å². The number of hydrazone groups is 1. The van der Waals surface area contributed by atoms with Crippen molar-refractivity contribution in [2.24, 2.45) is 5.10 Å². The van der Waals surface area contributed by atoms with Gasteiger partial charge in [-0.15, -0.1) is 0 Å². The molecule has 0 unspecified atom stereocenters. The maximum Gasteiger partial charge on any atom is 0.416 e. The van der Waals surface area contributed by atoms with Crippen molar-refractivity contribution in [1.82, 2.24) is 5.43 Å².